The van der Waals surface area contributed by atoms with Gasteiger partial charge in [-0.25, -0.2) is 17.9 Å². The zero-order valence-corrected chi connectivity index (χ0v) is 14.3. The molecule has 1 atom stereocenters. The van der Waals surface area contributed by atoms with E-state index in [1.54, 1.807) is 19.1 Å². The monoisotopic (exact) mass is 352 g/mol. The molecule has 2 rings (SSSR count). The number of hydrogen-bond acceptors (Lipinski definition) is 5. The van der Waals surface area contributed by atoms with Crippen molar-refractivity contribution in [2.45, 2.75) is 37.8 Å². The van der Waals surface area contributed by atoms with Crippen LogP contribution in [0.5, 0.6) is 0 Å². The summed E-state index contributed by atoms with van der Waals surface area (Å²) >= 11 is 0. The molecule has 0 saturated heterocycles. The first-order valence-electron chi connectivity index (χ1n) is 7.49. The first-order chi connectivity index (χ1) is 11.3. The third-order valence-electron chi connectivity index (χ3n) is 3.53. The fraction of sp³-hybridized carbons (Fsp3) is 0.312. The molecule has 0 aliphatic rings. The van der Waals surface area contributed by atoms with Crippen molar-refractivity contribution in [1.29, 1.82) is 0 Å². The van der Waals surface area contributed by atoms with Gasteiger partial charge in [0.15, 0.2) is 0 Å². The van der Waals surface area contributed by atoms with Gasteiger partial charge in [-0.3, -0.25) is 0 Å². The zero-order valence-electron chi connectivity index (χ0n) is 13.4. The number of aromatic carboxylic acids is 1. The standard InChI is InChI=1S/C16H20N2O5S/c1-3-11(2)18-24(21,22)13-6-7-15(14(9-13)16(19)20)17-10-12-5-4-8-23-12/h4-9,11,17-18H,3,10H2,1-2H3,(H,19,20)/t11-/m0/s1. The van der Waals surface area contributed by atoms with Gasteiger partial charge in [0.25, 0.3) is 0 Å². The molecule has 0 spiro atoms. The van der Waals surface area contributed by atoms with E-state index in [0.717, 1.165) is 6.07 Å². The third kappa shape index (κ3) is 4.36. The minimum absolute atomic E-state index is 0.0799. The number of benzene rings is 1. The van der Waals surface area contributed by atoms with Crippen molar-refractivity contribution in [3.8, 4) is 0 Å². The van der Waals surface area contributed by atoms with Crippen LogP contribution in [0.25, 0.3) is 0 Å². The van der Waals surface area contributed by atoms with E-state index in [4.69, 9.17) is 4.42 Å². The summed E-state index contributed by atoms with van der Waals surface area (Å²) in [6, 6.07) is 7.21. The molecule has 1 aromatic carbocycles. The molecule has 0 aliphatic carbocycles. The molecular weight excluding hydrogens is 332 g/mol. The molecule has 1 aromatic heterocycles. The molecule has 1 heterocycles. The molecule has 0 bridgehead atoms. The second kappa shape index (κ2) is 7.50. The first kappa shape index (κ1) is 18.0. The summed E-state index contributed by atoms with van der Waals surface area (Å²) in [6.45, 7) is 3.90. The second-order valence-electron chi connectivity index (χ2n) is 5.38. The summed E-state index contributed by atoms with van der Waals surface area (Å²) < 4.78 is 32.3. The Morgan fingerprint density at radius 2 is 2.08 bits per heavy atom. The number of carbonyl (C=O) groups is 1. The fourth-order valence-corrected chi connectivity index (χ4v) is 3.39. The molecule has 130 valence electrons. The molecule has 7 nitrogen and oxygen atoms in total. The summed E-state index contributed by atoms with van der Waals surface area (Å²) in [7, 11) is -3.76. The van der Waals surface area contributed by atoms with Crippen LogP contribution in [-0.4, -0.2) is 25.5 Å². The van der Waals surface area contributed by atoms with Gasteiger partial charge in [0.2, 0.25) is 10.0 Å². The van der Waals surface area contributed by atoms with Crippen LogP contribution in [0.4, 0.5) is 5.69 Å². The van der Waals surface area contributed by atoms with Gasteiger partial charge in [0.05, 0.1) is 23.3 Å². The number of carboxylic acid groups (broad SMARTS) is 1. The lowest BCUT2D eigenvalue weighted by Gasteiger charge is -2.14. The molecular formula is C16H20N2O5S. The number of hydrogen-bond donors (Lipinski definition) is 3. The third-order valence-corrected chi connectivity index (χ3v) is 5.12. The number of carboxylic acids is 1. The van der Waals surface area contributed by atoms with Crippen molar-refractivity contribution in [2.75, 3.05) is 5.32 Å². The Bertz CT molecular complexity index is 800. The summed E-state index contributed by atoms with van der Waals surface area (Å²) in [4.78, 5) is 11.4. The highest BCUT2D eigenvalue weighted by atomic mass is 32.2. The Hall–Kier alpha value is -2.32. The van der Waals surface area contributed by atoms with Gasteiger partial charge >= 0.3 is 5.97 Å². The lowest BCUT2D eigenvalue weighted by atomic mass is 10.2. The summed E-state index contributed by atoms with van der Waals surface area (Å²) in [5.41, 5.74) is 0.204. The van der Waals surface area contributed by atoms with Gasteiger partial charge in [0.1, 0.15) is 5.76 Å². The second-order valence-corrected chi connectivity index (χ2v) is 7.09. The highest BCUT2D eigenvalue weighted by Crippen LogP contribution is 2.22. The Labute approximate surface area is 140 Å². The van der Waals surface area contributed by atoms with E-state index < -0.39 is 16.0 Å². The Kier molecular flexibility index (Phi) is 5.63. The van der Waals surface area contributed by atoms with Crippen LogP contribution in [-0.2, 0) is 16.6 Å². The van der Waals surface area contributed by atoms with Gasteiger partial charge in [-0.05, 0) is 43.7 Å². The topological polar surface area (TPSA) is 109 Å². The number of furan rings is 1. The van der Waals surface area contributed by atoms with Crippen molar-refractivity contribution in [3.63, 3.8) is 0 Å². The van der Waals surface area contributed by atoms with Gasteiger partial charge < -0.3 is 14.8 Å². The Morgan fingerprint density at radius 1 is 1.33 bits per heavy atom. The molecule has 0 unspecified atom stereocenters. The van der Waals surface area contributed by atoms with Crippen LogP contribution in [0.3, 0.4) is 0 Å². The van der Waals surface area contributed by atoms with Gasteiger partial charge in [0, 0.05) is 11.7 Å². The molecule has 0 aliphatic heterocycles. The molecule has 8 heteroatoms. The van der Waals surface area contributed by atoms with Crippen LogP contribution in [0.15, 0.2) is 45.9 Å². The fourth-order valence-electron chi connectivity index (χ4n) is 2.03. The zero-order chi connectivity index (χ0) is 17.7. The summed E-state index contributed by atoms with van der Waals surface area (Å²) in [6.07, 6.45) is 2.15. The molecule has 0 saturated carbocycles. The van der Waals surface area contributed by atoms with Crippen molar-refractivity contribution < 1.29 is 22.7 Å². The SMILES string of the molecule is CC[C@H](C)NS(=O)(=O)c1ccc(NCc2ccco2)c(C(=O)O)c1. The van der Waals surface area contributed by atoms with Gasteiger partial charge in [-0.15, -0.1) is 0 Å². The van der Waals surface area contributed by atoms with Crippen LogP contribution >= 0.6 is 0 Å². The van der Waals surface area contributed by atoms with Crippen LogP contribution in [0.1, 0.15) is 36.4 Å². The van der Waals surface area contributed by atoms with E-state index in [2.05, 4.69) is 10.0 Å². The van der Waals surface area contributed by atoms with Crippen molar-refractivity contribution >= 4 is 21.7 Å². The maximum Gasteiger partial charge on any atom is 0.337 e. The molecule has 3 N–H and O–H groups in total. The normalized spacial score (nSPS) is 12.8. The predicted molar refractivity (Wildman–Crippen MR) is 89.5 cm³/mol. The van der Waals surface area contributed by atoms with Crippen molar-refractivity contribution in [2.24, 2.45) is 0 Å². The minimum atomic E-state index is -3.76. The van der Waals surface area contributed by atoms with E-state index in [1.807, 2.05) is 6.92 Å². The van der Waals surface area contributed by atoms with E-state index in [0.29, 0.717) is 24.4 Å². The van der Waals surface area contributed by atoms with Crippen LogP contribution < -0.4 is 10.0 Å². The molecule has 24 heavy (non-hydrogen) atoms. The maximum atomic E-state index is 12.3. The molecule has 2 aromatic rings. The Morgan fingerprint density at radius 3 is 2.67 bits per heavy atom. The average Bonchev–Trinajstić information content (AvgIpc) is 3.05. The van der Waals surface area contributed by atoms with E-state index >= 15 is 0 Å². The Balaban J connectivity index is 2.27. The van der Waals surface area contributed by atoms with E-state index in [1.165, 1.54) is 18.4 Å². The number of nitrogens with one attached hydrogen (secondary N) is 2. The molecule has 0 amide bonds. The highest BCUT2D eigenvalue weighted by Gasteiger charge is 2.20. The molecule has 0 radical (unpaired) electrons. The van der Waals surface area contributed by atoms with Gasteiger partial charge in [-0.2, -0.15) is 0 Å². The smallest absolute Gasteiger partial charge is 0.337 e. The highest BCUT2D eigenvalue weighted by molar-refractivity contribution is 7.89. The van der Waals surface area contributed by atoms with Crippen molar-refractivity contribution in [1.82, 2.24) is 4.72 Å². The predicted octanol–water partition coefficient (Wildman–Crippen LogP) is 2.67. The number of sulfonamides is 1. The number of rotatable bonds is 8. The summed E-state index contributed by atoms with van der Waals surface area (Å²) in [5, 5.41) is 12.3. The van der Waals surface area contributed by atoms with Gasteiger partial charge in [-0.1, -0.05) is 6.92 Å². The quantitative estimate of drug-likeness (QED) is 0.674. The lowest BCUT2D eigenvalue weighted by molar-refractivity contribution is 0.0697. The maximum absolute atomic E-state index is 12.3. The van der Waals surface area contributed by atoms with Crippen LogP contribution in [0.2, 0.25) is 0 Å². The van der Waals surface area contributed by atoms with Crippen molar-refractivity contribution in [3.05, 3.63) is 47.9 Å². The average molecular weight is 352 g/mol. The van der Waals surface area contributed by atoms with Crippen LogP contribution in [0, 0.1) is 0 Å². The minimum Gasteiger partial charge on any atom is -0.478 e. The van der Waals surface area contributed by atoms with E-state index in [9.17, 15) is 18.3 Å². The van der Waals surface area contributed by atoms with E-state index in [-0.39, 0.29) is 16.5 Å². The number of anilines is 1. The largest absolute Gasteiger partial charge is 0.478 e. The lowest BCUT2D eigenvalue weighted by Crippen LogP contribution is -2.32. The molecule has 0 fully saturated rings. The first-order valence-corrected chi connectivity index (χ1v) is 8.97. The summed E-state index contributed by atoms with van der Waals surface area (Å²) in [5.74, 6) is -0.570.